The van der Waals surface area contributed by atoms with E-state index in [1.165, 1.54) is 6.07 Å². The van der Waals surface area contributed by atoms with Crippen molar-refractivity contribution in [2.24, 2.45) is 0 Å². The molecule has 1 N–H and O–H groups in total. The van der Waals surface area contributed by atoms with Gasteiger partial charge in [0.05, 0.1) is 17.9 Å². The van der Waals surface area contributed by atoms with Gasteiger partial charge in [0.1, 0.15) is 5.82 Å². The average Bonchev–Trinajstić information content (AvgIpc) is 3.14. The summed E-state index contributed by atoms with van der Waals surface area (Å²) >= 11 is 0. The van der Waals surface area contributed by atoms with Crippen LogP contribution in [-0.4, -0.2) is 32.3 Å². The molecule has 0 atom stereocenters. The van der Waals surface area contributed by atoms with Crippen LogP contribution in [0.4, 0.5) is 4.39 Å². The molecule has 3 aromatic rings. The van der Waals surface area contributed by atoms with Crippen LogP contribution in [0, 0.1) is 5.82 Å². The largest absolute Gasteiger partial charge is 0.352 e. The smallest absolute Gasteiger partial charge is 0.220 e. The lowest BCUT2D eigenvalue weighted by molar-refractivity contribution is -0.121. The van der Waals surface area contributed by atoms with Gasteiger partial charge in [-0.3, -0.25) is 9.69 Å². The van der Waals surface area contributed by atoms with Crippen LogP contribution in [0.3, 0.4) is 0 Å². The third kappa shape index (κ3) is 5.06. The van der Waals surface area contributed by atoms with Crippen LogP contribution in [0.25, 0.3) is 0 Å². The van der Waals surface area contributed by atoms with Crippen molar-refractivity contribution in [3.8, 4) is 0 Å². The molecule has 1 aromatic heterocycles. The number of benzene rings is 2. The van der Waals surface area contributed by atoms with Crippen molar-refractivity contribution >= 4 is 5.91 Å². The summed E-state index contributed by atoms with van der Waals surface area (Å²) in [7, 11) is 0. The number of halogens is 1. The summed E-state index contributed by atoms with van der Waals surface area (Å²) in [6.45, 7) is 3.49. The van der Waals surface area contributed by atoms with Crippen LogP contribution >= 0.6 is 0 Å². The van der Waals surface area contributed by atoms with Crippen LogP contribution < -0.4 is 5.32 Å². The third-order valence-corrected chi connectivity index (χ3v) is 5.14. The fraction of sp³-hybridized carbons (Fsp3) is 0.318. The summed E-state index contributed by atoms with van der Waals surface area (Å²) in [5.41, 5.74) is 3.94. The Labute approximate surface area is 169 Å². The fourth-order valence-electron chi connectivity index (χ4n) is 3.59. The number of nitrogens with one attached hydrogen (secondary N) is 1. The van der Waals surface area contributed by atoms with Gasteiger partial charge in [-0.25, -0.2) is 9.07 Å². The molecule has 0 radical (unpaired) electrons. The van der Waals surface area contributed by atoms with Gasteiger partial charge in [-0.05, 0) is 23.3 Å². The molecule has 2 heterocycles. The maximum absolute atomic E-state index is 13.4. The molecule has 1 amide bonds. The molecule has 1 aliphatic rings. The number of hydrogen-bond donors (Lipinski definition) is 1. The summed E-state index contributed by atoms with van der Waals surface area (Å²) in [6, 6.07) is 16.6. The normalized spacial score (nSPS) is 13.8. The van der Waals surface area contributed by atoms with E-state index in [9.17, 15) is 9.18 Å². The van der Waals surface area contributed by atoms with Gasteiger partial charge in [-0.1, -0.05) is 47.7 Å². The Morgan fingerprint density at radius 1 is 1.07 bits per heavy atom. The Bertz CT molecular complexity index is 972. The first kappa shape index (κ1) is 19.3. The predicted molar refractivity (Wildman–Crippen MR) is 107 cm³/mol. The SMILES string of the molecule is O=C(CCc1nnn2c1CN(Cc1cccc(F)c1)CC2)NCc1ccccc1. The van der Waals surface area contributed by atoms with Gasteiger partial charge in [-0.2, -0.15) is 0 Å². The molecule has 150 valence electrons. The zero-order valence-electron chi connectivity index (χ0n) is 16.2. The number of carbonyl (C=O) groups is 1. The number of aryl methyl sites for hydroxylation is 1. The Morgan fingerprint density at radius 2 is 1.90 bits per heavy atom. The van der Waals surface area contributed by atoms with E-state index in [1.807, 2.05) is 41.1 Å². The van der Waals surface area contributed by atoms with E-state index in [-0.39, 0.29) is 11.7 Å². The lowest BCUT2D eigenvalue weighted by Crippen LogP contribution is -2.34. The van der Waals surface area contributed by atoms with Crippen molar-refractivity contribution in [2.45, 2.75) is 39.0 Å². The van der Waals surface area contributed by atoms with Gasteiger partial charge >= 0.3 is 0 Å². The molecule has 4 rings (SSSR count). The minimum atomic E-state index is -0.214. The quantitative estimate of drug-likeness (QED) is 0.670. The molecule has 0 unspecified atom stereocenters. The molecule has 0 aliphatic carbocycles. The first-order chi connectivity index (χ1) is 14.2. The maximum atomic E-state index is 13.4. The Balaban J connectivity index is 1.31. The zero-order chi connectivity index (χ0) is 20.1. The molecule has 0 saturated carbocycles. The number of rotatable bonds is 7. The summed E-state index contributed by atoms with van der Waals surface area (Å²) in [6.07, 6.45) is 0.937. The first-order valence-corrected chi connectivity index (χ1v) is 9.86. The van der Waals surface area contributed by atoms with Crippen molar-refractivity contribution in [3.63, 3.8) is 0 Å². The highest BCUT2D eigenvalue weighted by atomic mass is 19.1. The lowest BCUT2D eigenvalue weighted by Gasteiger charge is -2.27. The number of hydrogen-bond acceptors (Lipinski definition) is 4. The minimum absolute atomic E-state index is 0.00280. The highest BCUT2D eigenvalue weighted by Crippen LogP contribution is 2.18. The van der Waals surface area contributed by atoms with Crippen LogP contribution in [0.15, 0.2) is 54.6 Å². The van der Waals surface area contributed by atoms with E-state index in [2.05, 4.69) is 20.5 Å². The summed E-state index contributed by atoms with van der Waals surface area (Å²) in [5.74, 6) is -0.212. The monoisotopic (exact) mass is 393 g/mol. The molecule has 0 bridgehead atoms. The zero-order valence-corrected chi connectivity index (χ0v) is 16.2. The molecule has 7 heteroatoms. The van der Waals surface area contributed by atoms with Gasteiger partial charge in [-0.15, -0.1) is 5.10 Å². The number of nitrogens with zero attached hydrogens (tertiary/aromatic N) is 4. The average molecular weight is 393 g/mol. The van der Waals surface area contributed by atoms with E-state index in [0.29, 0.717) is 32.5 Å². The minimum Gasteiger partial charge on any atom is -0.352 e. The predicted octanol–water partition coefficient (Wildman–Crippen LogP) is 2.68. The van der Waals surface area contributed by atoms with E-state index >= 15 is 0 Å². The van der Waals surface area contributed by atoms with E-state index in [4.69, 9.17) is 0 Å². The van der Waals surface area contributed by atoms with Crippen molar-refractivity contribution in [2.75, 3.05) is 6.54 Å². The second kappa shape index (κ2) is 8.96. The molecule has 0 fully saturated rings. The highest BCUT2D eigenvalue weighted by molar-refractivity contribution is 5.76. The van der Waals surface area contributed by atoms with Gasteiger partial charge in [0.2, 0.25) is 5.91 Å². The number of amides is 1. The molecular formula is C22H24FN5O. The van der Waals surface area contributed by atoms with Crippen LogP contribution in [-0.2, 0) is 37.4 Å². The summed E-state index contributed by atoms with van der Waals surface area (Å²) in [5, 5.41) is 11.5. The number of carbonyl (C=O) groups excluding carboxylic acids is 1. The molecule has 6 nitrogen and oxygen atoms in total. The van der Waals surface area contributed by atoms with Gasteiger partial charge < -0.3 is 5.32 Å². The van der Waals surface area contributed by atoms with E-state index < -0.39 is 0 Å². The van der Waals surface area contributed by atoms with Gasteiger partial charge in [0.15, 0.2) is 0 Å². The van der Waals surface area contributed by atoms with Gasteiger partial charge in [0, 0.05) is 39.0 Å². The van der Waals surface area contributed by atoms with Crippen molar-refractivity contribution in [3.05, 3.63) is 82.9 Å². The molecule has 0 spiro atoms. The van der Waals surface area contributed by atoms with Crippen LogP contribution in [0.2, 0.25) is 0 Å². The topological polar surface area (TPSA) is 63.1 Å². The Hall–Kier alpha value is -3.06. The maximum Gasteiger partial charge on any atom is 0.220 e. The standard InChI is InChI=1S/C22H24FN5O/c23-19-8-4-7-18(13-19)15-27-11-12-28-21(16-27)20(25-26-28)9-10-22(29)24-14-17-5-2-1-3-6-17/h1-8,13H,9-12,14-16H2,(H,24,29). The number of fused-ring (bicyclic) bond motifs is 1. The van der Waals surface area contributed by atoms with Crippen LogP contribution in [0.5, 0.6) is 0 Å². The molecular weight excluding hydrogens is 369 g/mol. The molecule has 1 aliphatic heterocycles. The molecule has 0 saturated heterocycles. The lowest BCUT2D eigenvalue weighted by atomic mass is 10.1. The molecule has 29 heavy (non-hydrogen) atoms. The third-order valence-electron chi connectivity index (χ3n) is 5.14. The second-order valence-corrected chi connectivity index (χ2v) is 7.31. The van der Waals surface area contributed by atoms with Gasteiger partial charge in [0.25, 0.3) is 0 Å². The number of aromatic nitrogens is 3. The molecule has 2 aromatic carbocycles. The Morgan fingerprint density at radius 3 is 2.72 bits per heavy atom. The van der Waals surface area contributed by atoms with Crippen molar-refractivity contribution in [1.82, 2.24) is 25.2 Å². The Kier molecular flexibility index (Phi) is 5.95. The van der Waals surface area contributed by atoms with E-state index in [1.54, 1.807) is 12.1 Å². The highest BCUT2D eigenvalue weighted by Gasteiger charge is 2.22. The van der Waals surface area contributed by atoms with Crippen molar-refractivity contribution in [1.29, 1.82) is 0 Å². The second-order valence-electron chi connectivity index (χ2n) is 7.31. The first-order valence-electron chi connectivity index (χ1n) is 9.86. The van der Waals surface area contributed by atoms with E-state index in [0.717, 1.165) is 35.6 Å². The van der Waals surface area contributed by atoms with Crippen LogP contribution in [0.1, 0.15) is 28.9 Å². The van der Waals surface area contributed by atoms with Crippen molar-refractivity contribution < 1.29 is 9.18 Å². The summed E-state index contributed by atoms with van der Waals surface area (Å²) < 4.78 is 15.4. The summed E-state index contributed by atoms with van der Waals surface area (Å²) in [4.78, 5) is 14.5. The fourth-order valence-corrected chi connectivity index (χ4v) is 3.59.